The molecule has 0 atom stereocenters. The molecule has 0 spiro atoms. The van der Waals surface area contributed by atoms with Crippen LogP contribution in [0.1, 0.15) is 43.0 Å². The van der Waals surface area contributed by atoms with Crippen LogP contribution in [-0.2, 0) is 6.54 Å². The van der Waals surface area contributed by atoms with Crippen LogP contribution >= 0.6 is 0 Å². The first-order valence-corrected chi connectivity index (χ1v) is 9.16. The molecule has 0 aliphatic carbocycles. The van der Waals surface area contributed by atoms with Crippen molar-refractivity contribution in [3.8, 4) is 5.75 Å². The van der Waals surface area contributed by atoms with E-state index in [2.05, 4.69) is 0 Å². The smallest absolute Gasteiger partial charge is 0.455 e. The van der Waals surface area contributed by atoms with Gasteiger partial charge in [-0.25, -0.2) is 0 Å². The molecule has 0 aliphatic rings. The van der Waals surface area contributed by atoms with Gasteiger partial charge >= 0.3 is 6.18 Å². The summed E-state index contributed by atoms with van der Waals surface area (Å²) in [5, 5.41) is 11.8. The number of aromatic nitrogens is 1. The lowest BCUT2D eigenvalue weighted by Gasteiger charge is -2.17. The predicted octanol–water partition coefficient (Wildman–Crippen LogP) is 5.19. The number of hydrogen-bond acceptors (Lipinski definition) is 3. The molecule has 0 unspecified atom stereocenters. The van der Waals surface area contributed by atoms with Crippen molar-refractivity contribution in [1.29, 1.82) is 0 Å². The molecule has 28 heavy (non-hydrogen) atoms. The summed E-state index contributed by atoms with van der Waals surface area (Å²) in [6, 6.07) is 10.2. The lowest BCUT2D eigenvalue weighted by Crippen LogP contribution is -2.33. The lowest BCUT2D eigenvalue weighted by atomic mass is 10.00. The van der Waals surface area contributed by atoms with Gasteiger partial charge in [0.15, 0.2) is 0 Å². The third-order valence-corrected chi connectivity index (χ3v) is 4.85. The van der Waals surface area contributed by atoms with Gasteiger partial charge in [0.1, 0.15) is 11.3 Å². The van der Waals surface area contributed by atoms with E-state index in [9.17, 15) is 27.9 Å². The fraction of sp³-hybridized carbons (Fsp3) is 0.333. The number of aryl methyl sites for hydroxylation is 1. The van der Waals surface area contributed by atoms with Crippen LogP contribution in [-0.4, -0.2) is 21.6 Å². The predicted molar refractivity (Wildman–Crippen MR) is 102 cm³/mol. The van der Waals surface area contributed by atoms with Gasteiger partial charge in [-0.2, -0.15) is 13.2 Å². The van der Waals surface area contributed by atoms with Crippen LogP contribution in [0.25, 0.3) is 21.7 Å². The average molecular weight is 391 g/mol. The minimum absolute atomic E-state index is 0.0841. The number of hydrogen-bond donors (Lipinski definition) is 1. The summed E-state index contributed by atoms with van der Waals surface area (Å²) in [6.07, 6.45) is -1.97. The van der Waals surface area contributed by atoms with Crippen LogP contribution in [0.15, 0.2) is 41.2 Å². The molecule has 0 bridgehead atoms. The Hall–Kier alpha value is -2.83. The van der Waals surface area contributed by atoms with Crippen molar-refractivity contribution < 1.29 is 23.1 Å². The summed E-state index contributed by atoms with van der Waals surface area (Å²) < 4.78 is 40.4. The molecule has 1 N–H and O–H groups in total. The van der Waals surface area contributed by atoms with Gasteiger partial charge < -0.3 is 9.67 Å². The SMILES string of the molecule is CCCCCCn1c(=O)c(C(=O)C(F)(F)F)c(O)c2c3ccccc3ccc21. The second-order valence-corrected chi connectivity index (χ2v) is 6.75. The normalized spacial score (nSPS) is 12.0. The highest BCUT2D eigenvalue weighted by atomic mass is 19.4. The highest BCUT2D eigenvalue weighted by molar-refractivity contribution is 6.14. The van der Waals surface area contributed by atoms with E-state index in [1.807, 2.05) is 6.92 Å². The minimum Gasteiger partial charge on any atom is -0.506 e. The van der Waals surface area contributed by atoms with Crippen molar-refractivity contribution in [3.05, 3.63) is 52.3 Å². The summed E-state index contributed by atoms with van der Waals surface area (Å²) in [7, 11) is 0. The number of aromatic hydroxyl groups is 1. The molecule has 1 heterocycles. The fourth-order valence-electron chi connectivity index (χ4n) is 3.47. The summed E-state index contributed by atoms with van der Waals surface area (Å²) in [5.41, 5.74) is -2.01. The average Bonchev–Trinajstić information content (AvgIpc) is 2.66. The van der Waals surface area contributed by atoms with Gasteiger partial charge in [-0.15, -0.1) is 0 Å². The van der Waals surface area contributed by atoms with Crippen molar-refractivity contribution in [2.24, 2.45) is 0 Å². The highest BCUT2D eigenvalue weighted by Gasteiger charge is 2.43. The Morgan fingerprint density at radius 1 is 1.07 bits per heavy atom. The van der Waals surface area contributed by atoms with Crippen LogP contribution in [0.3, 0.4) is 0 Å². The Bertz CT molecular complexity index is 1100. The molecule has 1 aromatic heterocycles. The van der Waals surface area contributed by atoms with Crippen LogP contribution in [0.5, 0.6) is 5.75 Å². The van der Waals surface area contributed by atoms with Crippen LogP contribution < -0.4 is 5.56 Å². The second kappa shape index (κ2) is 7.66. The van der Waals surface area contributed by atoms with Gasteiger partial charge in [0.05, 0.1) is 5.52 Å². The molecular weight excluding hydrogens is 371 g/mol. The largest absolute Gasteiger partial charge is 0.506 e. The number of rotatable bonds is 6. The topological polar surface area (TPSA) is 59.3 Å². The second-order valence-electron chi connectivity index (χ2n) is 6.75. The van der Waals surface area contributed by atoms with E-state index in [0.29, 0.717) is 22.7 Å². The molecular formula is C21H20F3NO3. The van der Waals surface area contributed by atoms with Crippen molar-refractivity contribution >= 4 is 27.5 Å². The summed E-state index contributed by atoms with van der Waals surface area (Å²) in [6.45, 7) is 2.19. The number of benzene rings is 2. The molecule has 4 nitrogen and oxygen atoms in total. The van der Waals surface area contributed by atoms with Gasteiger partial charge in [-0.05, 0) is 23.3 Å². The zero-order valence-electron chi connectivity index (χ0n) is 15.3. The Morgan fingerprint density at radius 2 is 1.79 bits per heavy atom. The lowest BCUT2D eigenvalue weighted by molar-refractivity contribution is -0.0887. The zero-order valence-corrected chi connectivity index (χ0v) is 15.3. The maximum absolute atomic E-state index is 13.1. The van der Waals surface area contributed by atoms with Crippen LogP contribution in [0, 0.1) is 0 Å². The fourth-order valence-corrected chi connectivity index (χ4v) is 3.47. The van der Waals surface area contributed by atoms with E-state index in [1.165, 1.54) is 4.57 Å². The molecule has 0 saturated heterocycles. The molecule has 0 fully saturated rings. The van der Waals surface area contributed by atoms with Crippen LogP contribution in [0.2, 0.25) is 0 Å². The van der Waals surface area contributed by atoms with Crippen molar-refractivity contribution in [2.75, 3.05) is 0 Å². The molecule has 3 rings (SSSR count). The third-order valence-electron chi connectivity index (χ3n) is 4.85. The number of alkyl halides is 3. The molecule has 0 aliphatic heterocycles. The van der Waals surface area contributed by atoms with Gasteiger partial charge in [0, 0.05) is 11.9 Å². The Kier molecular flexibility index (Phi) is 5.45. The third kappa shape index (κ3) is 3.48. The van der Waals surface area contributed by atoms with Gasteiger partial charge in [-0.1, -0.05) is 56.5 Å². The first-order valence-electron chi connectivity index (χ1n) is 9.16. The maximum atomic E-state index is 13.1. The minimum atomic E-state index is -5.26. The number of carbonyl (C=O) groups excluding carboxylic acids is 1. The number of Topliss-reactive ketones (excluding diaryl/α,β-unsaturated/α-hetero) is 1. The van der Waals surface area contributed by atoms with Crippen molar-refractivity contribution in [3.63, 3.8) is 0 Å². The number of halogens is 3. The first kappa shape index (κ1) is 19.9. The monoisotopic (exact) mass is 391 g/mol. The standard InChI is InChI=1S/C21H20F3NO3/c1-2-3-4-7-12-25-15-11-10-13-8-5-6-9-14(13)16(15)18(26)17(20(25)28)19(27)21(22,23)24/h5-6,8-11,26H,2-4,7,12H2,1H3. The Balaban J connectivity index is 2.34. The molecule has 0 amide bonds. The summed E-state index contributed by atoms with van der Waals surface area (Å²) >= 11 is 0. The van der Waals surface area contributed by atoms with Gasteiger partial charge in [0.25, 0.3) is 11.3 Å². The van der Waals surface area contributed by atoms with E-state index >= 15 is 0 Å². The van der Waals surface area contributed by atoms with Crippen molar-refractivity contribution in [2.45, 2.75) is 45.3 Å². The highest BCUT2D eigenvalue weighted by Crippen LogP contribution is 2.35. The van der Waals surface area contributed by atoms with E-state index in [4.69, 9.17) is 0 Å². The maximum Gasteiger partial charge on any atom is 0.455 e. The molecule has 0 saturated carbocycles. The van der Waals surface area contributed by atoms with E-state index < -0.39 is 28.8 Å². The van der Waals surface area contributed by atoms with E-state index in [1.54, 1.807) is 36.4 Å². The summed E-state index contributed by atoms with van der Waals surface area (Å²) in [5.74, 6) is -3.24. The van der Waals surface area contributed by atoms with Crippen molar-refractivity contribution in [1.82, 2.24) is 4.57 Å². The number of nitrogens with zero attached hydrogens (tertiary/aromatic N) is 1. The molecule has 3 aromatic rings. The number of unbranched alkanes of at least 4 members (excludes halogenated alkanes) is 3. The zero-order chi connectivity index (χ0) is 20.5. The summed E-state index contributed by atoms with van der Waals surface area (Å²) in [4.78, 5) is 24.7. The molecule has 2 aromatic carbocycles. The van der Waals surface area contributed by atoms with E-state index in [0.717, 1.165) is 19.3 Å². The first-order chi connectivity index (χ1) is 13.3. The number of pyridine rings is 1. The Labute approximate surface area is 159 Å². The van der Waals surface area contributed by atoms with Gasteiger partial charge in [-0.3, -0.25) is 9.59 Å². The molecule has 148 valence electrons. The van der Waals surface area contributed by atoms with Gasteiger partial charge in [0.2, 0.25) is 0 Å². The van der Waals surface area contributed by atoms with Crippen LogP contribution in [0.4, 0.5) is 13.2 Å². The molecule has 0 radical (unpaired) electrons. The number of ketones is 1. The number of carbonyl (C=O) groups is 1. The quantitative estimate of drug-likeness (QED) is 0.358. The number of fused-ring (bicyclic) bond motifs is 3. The molecule has 7 heteroatoms. The van der Waals surface area contributed by atoms with E-state index in [-0.39, 0.29) is 11.9 Å². The Morgan fingerprint density at radius 3 is 2.46 bits per heavy atom.